The zero-order valence-corrected chi connectivity index (χ0v) is 13.5. The van der Waals surface area contributed by atoms with Crippen molar-refractivity contribution in [3.05, 3.63) is 51.3 Å². The molecule has 22 heavy (non-hydrogen) atoms. The molecular formula is C16H12BrNO4. The van der Waals surface area contributed by atoms with E-state index in [9.17, 15) is 4.79 Å². The molecule has 2 aromatic carbocycles. The van der Waals surface area contributed by atoms with Gasteiger partial charge in [0.05, 0.1) is 30.7 Å². The van der Waals surface area contributed by atoms with Crippen LogP contribution in [0.15, 0.2) is 50.1 Å². The molecule has 6 heteroatoms. The van der Waals surface area contributed by atoms with Gasteiger partial charge in [0, 0.05) is 10.5 Å². The highest BCUT2D eigenvalue weighted by Gasteiger charge is 2.14. The van der Waals surface area contributed by atoms with Gasteiger partial charge in [0.25, 0.3) is 0 Å². The normalized spacial score (nSPS) is 10.7. The molecular weight excluding hydrogens is 350 g/mol. The Bertz CT molecular complexity index is 904. The summed E-state index contributed by atoms with van der Waals surface area (Å²) in [5, 5.41) is 0.422. The van der Waals surface area contributed by atoms with E-state index in [-0.39, 0.29) is 5.89 Å². The zero-order valence-electron chi connectivity index (χ0n) is 11.9. The lowest BCUT2D eigenvalue weighted by atomic mass is 10.1. The average Bonchev–Trinajstić information content (AvgIpc) is 2.54. The molecule has 0 spiro atoms. The molecule has 0 amide bonds. The maximum absolute atomic E-state index is 12.2. The maximum atomic E-state index is 12.2. The summed E-state index contributed by atoms with van der Waals surface area (Å²) in [6.45, 7) is 0. The molecule has 0 unspecified atom stereocenters. The van der Waals surface area contributed by atoms with Gasteiger partial charge >= 0.3 is 5.63 Å². The van der Waals surface area contributed by atoms with Crippen LogP contribution in [0.5, 0.6) is 11.5 Å². The van der Waals surface area contributed by atoms with E-state index in [2.05, 4.69) is 20.9 Å². The summed E-state index contributed by atoms with van der Waals surface area (Å²) in [6, 6.07) is 10.5. The van der Waals surface area contributed by atoms with Gasteiger partial charge in [-0.25, -0.2) is 9.78 Å². The third-order valence-electron chi connectivity index (χ3n) is 3.23. The van der Waals surface area contributed by atoms with Gasteiger partial charge in [-0.3, -0.25) is 0 Å². The minimum absolute atomic E-state index is 0.208. The van der Waals surface area contributed by atoms with Gasteiger partial charge in [0.2, 0.25) is 5.89 Å². The fraction of sp³-hybridized carbons (Fsp3) is 0.125. The largest absolute Gasteiger partial charge is 0.497 e. The van der Waals surface area contributed by atoms with Gasteiger partial charge in [0.15, 0.2) is 0 Å². The number of aromatic nitrogens is 1. The topological polar surface area (TPSA) is 61.6 Å². The van der Waals surface area contributed by atoms with Gasteiger partial charge in [-0.2, -0.15) is 0 Å². The first-order valence-electron chi connectivity index (χ1n) is 6.45. The highest BCUT2D eigenvalue weighted by Crippen LogP contribution is 2.32. The molecule has 0 aliphatic rings. The minimum Gasteiger partial charge on any atom is -0.497 e. The molecule has 0 saturated carbocycles. The van der Waals surface area contributed by atoms with Crippen molar-refractivity contribution < 1.29 is 13.9 Å². The Morgan fingerprint density at radius 1 is 1.09 bits per heavy atom. The summed E-state index contributed by atoms with van der Waals surface area (Å²) in [7, 11) is 3.11. The number of methoxy groups -OCH3 is 2. The van der Waals surface area contributed by atoms with E-state index >= 15 is 0 Å². The standard InChI is InChI=1S/C16H12BrNO4/c1-20-10-4-5-11(14(8-10)21-2)15-18-13-6-3-9(17)7-12(13)16(19)22-15/h3-8H,1-2H3. The van der Waals surface area contributed by atoms with E-state index in [1.165, 1.54) is 7.11 Å². The Hall–Kier alpha value is -2.34. The van der Waals surface area contributed by atoms with Crippen LogP contribution in [0, 0.1) is 0 Å². The van der Waals surface area contributed by atoms with Crippen molar-refractivity contribution in [1.82, 2.24) is 4.98 Å². The second-order valence-electron chi connectivity index (χ2n) is 4.53. The van der Waals surface area contributed by atoms with Crippen molar-refractivity contribution in [3.63, 3.8) is 0 Å². The number of nitrogens with zero attached hydrogens (tertiary/aromatic N) is 1. The molecule has 1 aromatic heterocycles. The number of halogens is 1. The summed E-state index contributed by atoms with van der Waals surface area (Å²) in [6.07, 6.45) is 0. The third-order valence-corrected chi connectivity index (χ3v) is 3.72. The molecule has 1 heterocycles. The Balaban J connectivity index is 2.22. The van der Waals surface area contributed by atoms with E-state index in [1.54, 1.807) is 37.4 Å². The van der Waals surface area contributed by atoms with E-state index in [0.29, 0.717) is 28.0 Å². The van der Waals surface area contributed by atoms with Crippen molar-refractivity contribution in [2.24, 2.45) is 0 Å². The molecule has 3 rings (SSSR count). The lowest BCUT2D eigenvalue weighted by Crippen LogP contribution is -2.03. The van der Waals surface area contributed by atoms with Crippen molar-refractivity contribution in [1.29, 1.82) is 0 Å². The predicted molar refractivity (Wildman–Crippen MR) is 86.5 cm³/mol. The van der Waals surface area contributed by atoms with Gasteiger partial charge in [-0.15, -0.1) is 0 Å². The van der Waals surface area contributed by atoms with Crippen molar-refractivity contribution >= 4 is 26.8 Å². The lowest BCUT2D eigenvalue weighted by molar-refractivity contribution is 0.393. The summed E-state index contributed by atoms with van der Waals surface area (Å²) in [5.74, 6) is 1.37. The maximum Gasteiger partial charge on any atom is 0.347 e. The van der Waals surface area contributed by atoms with Crippen LogP contribution in [0.3, 0.4) is 0 Å². The quantitative estimate of drug-likeness (QED) is 0.712. The molecule has 112 valence electrons. The number of hydrogen-bond acceptors (Lipinski definition) is 5. The lowest BCUT2D eigenvalue weighted by Gasteiger charge is -2.09. The van der Waals surface area contributed by atoms with Gasteiger partial charge < -0.3 is 13.9 Å². The Morgan fingerprint density at radius 3 is 2.64 bits per heavy atom. The van der Waals surface area contributed by atoms with E-state index in [1.807, 2.05) is 6.07 Å². The molecule has 0 N–H and O–H groups in total. The SMILES string of the molecule is COc1ccc(-c2nc3ccc(Br)cc3c(=O)o2)c(OC)c1. The van der Waals surface area contributed by atoms with Crippen molar-refractivity contribution in [3.8, 4) is 23.0 Å². The van der Waals surface area contributed by atoms with Crippen LogP contribution in [0.25, 0.3) is 22.4 Å². The van der Waals surface area contributed by atoms with Gasteiger partial charge in [-0.05, 0) is 30.3 Å². The van der Waals surface area contributed by atoms with E-state index in [4.69, 9.17) is 13.9 Å². The third kappa shape index (κ3) is 2.57. The second kappa shape index (κ2) is 5.81. The molecule has 0 aliphatic heterocycles. The van der Waals surface area contributed by atoms with Crippen LogP contribution in [0.1, 0.15) is 0 Å². The fourth-order valence-electron chi connectivity index (χ4n) is 2.13. The Morgan fingerprint density at radius 2 is 1.91 bits per heavy atom. The van der Waals surface area contributed by atoms with Gasteiger partial charge in [-0.1, -0.05) is 15.9 Å². The van der Waals surface area contributed by atoms with Crippen LogP contribution < -0.4 is 15.1 Å². The molecule has 0 aliphatic carbocycles. The minimum atomic E-state index is -0.445. The summed E-state index contributed by atoms with van der Waals surface area (Å²) >= 11 is 3.33. The van der Waals surface area contributed by atoms with E-state index < -0.39 is 5.63 Å². The van der Waals surface area contributed by atoms with Crippen LogP contribution in [-0.2, 0) is 0 Å². The number of benzene rings is 2. The number of ether oxygens (including phenoxy) is 2. The molecule has 0 saturated heterocycles. The van der Waals surface area contributed by atoms with Crippen molar-refractivity contribution in [2.75, 3.05) is 14.2 Å². The first-order chi connectivity index (χ1) is 10.6. The molecule has 0 radical (unpaired) electrons. The highest BCUT2D eigenvalue weighted by atomic mass is 79.9. The summed E-state index contributed by atoms with van der Waals surface area (Å²) < 4.78 is 16.6. The van der Waals surface area contributed by atoms with Crippen LogP contribution in [-0.4, -0.2) is 19.2 Å². The number of rotatable bonds is 3. The monoisotopic (exact) mass is 361 g/mol. The average molecular weight is 362 g/mol. The predicted octanol–water partition coefficient (Wildman–Crippen LogP) is 3.63. The zero-order chi connectivity index (χ0) is 15.7. The van der Waals surface area contributed by atoms with Crippen LogP contribution >= 0.6 is 15.9 Å². The Kier molecular flexibility index (Phi) is 3.85. The first kappa shape index (κ1) is 14.6. The number of hydrogen-bond donors (Lipinski definition) is 0. The van der Waals surface area contributed by atoms with Crippen LogP contribution in [0.4, 0.5) is 0 Å². The molecule has 0 fully saturated rings. The first-order valence-corrected chi connectivity index (χ1v) is 7.24. The molecule has 3 aromatic rings. The van der Waals surface area contributed by atoms with E-state index in [0.717, 1.165) is 4.47 Å². The summed E-state index contributed by atoms with van der Waals surface area (Å²) in [5.41, 5.74) is 0.705. The molecule has 5 nitrogen and oxygen atoms in total. The van der Waals surface area contributed by atoms with Gasteiger partial charge in [0.1, 0.15) is 11.5 Å². The summed E-state index contributed by atoms with van der Waals surface area (Å²) in [4.78, 5) is 16.6. The molecule has 0 bridgehead atoms. The second-order valence-corrected chi connectivity index (χ2v) is 5.45. The smallest absolute Gasteiger partial charge is 0.347 e. The fourth-order valence-corrected chi connectivity index (χ4v) is 2.50. The highest BCUT2D eigenvalue weighted by molar-refractivity contribution is 9.10. The Labute approximate surface area is 134 Å². The molecule has 0 atom stereocenters. The number of fused-ring (bicyclic) bond motifs is 1. The van der Waals surface area contributed by atoms with Crippen LogP contribution in [0.2, 0.25) is 0 Å². The van der Waals surface area contributed by atoms with Crippen molar-refractivity contribution in [2.45, 2.75) is 0 Å².